The number of ketones is 1. The zero-order chi connectivity index (χ0) is 16.9. The monoisotopic (exact) mass is 320 g/mol. The molecule has 3 aromatic rings. The number of rotatable bonds is 5. The molecule has 0 saturated carbocycles. The van der Waals surface area contributed by atoms with Gasteiger partial charge in [0.05, 0.1) is 5.69 Å². The van der Waals surface area contributed by atoms with Gasteiger partial charge in [-0.3, -0.25) is 10.0 Å². The maximum atomic E-state index is 12.0. The van der Waals surface area contributed by atoms with Gasteiger partial charge in [-0.2, -0.15) is 0 Å². The van der Waals surface area contributed by atoms with Crippen LogP contribution in [0.3, 0.4) is 0 Å². The minimum Gasteiger partial charge on any atom is -0.733 e. The summed E-state index contributed by atoms with van der Waals surface area (Å²) in [6.07, 6.45) is 3.04. The third-order valence-electron chi connectivity index (χ3n) is 3.44. The first-order valence-electron chi connectivity index (χ1n) is 7.27. The molecule has 0 fully saturated rings. The van der Waals surface area contributed by atoms with Gasteiger partial charge in [0.25, 0.3) is 0 Å². The lowest BCUT2D eigenvalue weighted by Crippen LogP contribution is -2.06. The molecule has 0 bridgehead atoms. The molecular weight excluding hydrogens is 306 g/mol. The number of nitrogens with zero attached hydrogens (tertiary/aromatic N) is 1. The van der Waals surface area contributed by atoms with Gasteiger partial charge in [0.2, 0.25) is 0 Å². The van der Waals surface area contributed by atoms with Crippen LogP contribution in [0.5, 0.6) is 0 Å². The Balaban J connectivity index is 1.77. The molecule has 0 atom stereocenters. The van der Waals surface area contributed by atoms with E-state index in [-0.39, 0.29) is 16.7 Å². The van der Waals surface area contributed by atoms with Gasteiger partial charge in [0, 0.05) is 11.1 Å². The van der Waals surface area contributed by atoms with Crippen molar-refractivity contribution in [1.82, 2.24) is 0 Å². The molecule has 0 aliphatic carbocycles. The second-order valence-electron chi connectivity index (χ2n) is 5.09. The van der Waals surface area contributed by atoms with Gasteiger partial charge in [0.1, 0.15) is 11.5 Å². The van der Waals surface area contributed by atoms with E-state index in [2.05, 4.69) is 0 Å². The van der Waals surface area contributed by atoms with E-state index >= 15 is 0 Å². The average molecular weight is 320 g/mol. The number of carbonyl (C=O) groups excluding carboxylic acids is 1. The Kier molecular flexibility index (Phi) is 4.56. The van der Waals surface area contributed by atoms with Crippen LogP contribution in [0.2, 0.25) is 0 Å². The summed E-state index contributed by atoms with van der Waals surface area (Å²) < 4.78 is 5.65. The molecule has 1 heterocycles. The molecule has 1 N–H and O–H groups in total. The standard InChI is InChI=1S/C19H14NO4/c21-18(14-5-2-1-3-6-14)11-9-17-10-12-19(24-17)15-7-4-8-16(13-15)20(22)23/h1-13,22H/q-1. The van der Waals surface area contributed by atoms with Crippen LogP contribution in [0.1, 0.15) is 16.1 Å². The highest BCUT2D eigenvalue weighted by atomic mass is 16.8. The molecule has 0 aliphatic heterocycles. The minimum atomic E-state index is -0.203. The van der Waals surface area contributed by atoms with Gasteiger partial charge >= 0.3 is 0 Å². The molecule has 5 heteroatoms. The normalized spacial score (nSPS) is 10.9. The Morgan fingerprint density at radius 1 is 1.04 bits per heavy atom. The lowest BCUT2D eigenvalue weighted by Gasteiger charge is -2.21. The van der Waals surface area contributed by atoms with Gasteiger partial charge < -0.3 is 14.9 Å². The van der Waals surface area contributed by atoms with E-state index in [4.69, 9.17) is 9.62 Å². The molecular formula is C19H14NO4-. The van der Waals surface area contributed by atoms with Crippen molar-refractivity contribution in [2.24, 2.45) is 0 Å². The number of furan rings is 1. The van der Waals surface area contributed by atoms with E-state index in [9.17, 15) is 10.0 Å². The number of allylic oxidation sites excluding steroid dienone is 1. The summed E-state index contributed by atoms with van der Waals surface area (Å²) in [6.45, 7) is 0. The highest BCUT2D eigenvalue weighted by Crippen LogP contribution is 2.26. The zero-order valence-electron chi connectivity index (χ0n) is 12.6. The third kappa shape index (κ3) is 3.60. The first-order chi connectivity index (χ1) is 11.6. The Morgan fingerprint density at radius 3 is 2.58 bits per heavy atom. The van der Waals surface area contributed by atoms with Crippen molar-refractivity contribution >= 4 is 17.5 Å². The van der Waals surface area contributed by atoms with E-state index in [1.54, 1.807) is 54.6 Å². The van der Waals surface area contributed by atoms with Crippen LogP contribution in [0.4, 0.5) is 5.69 Å². The molecule has 24 heavy (non-hydrogen) atoms. The van der Waals surface area contributed by atoms with Crippen molar-refractivity contribution in [2.75, 3.05) is 5.23 Å². The SMILES string of the molecule is O=C(C=Cc1ccc(-c2cccc(N([O-])O)c2)o1)c1ccccc1. The molecule has 0 saturated heterocycles. The Hall–Kier alpha value is -3.15. The summed E-state index contributed by atoms with van der Waals surface area (Å²) >= 11 is 0. The van der Waals surface area contributed by atoms with Crippen LogP contribution in [0.15, 0.2) is 77.2 Å². The minimum absolute atomic E-state index is 0.111. The van der Waals surface area contributed by atoms with Crippen LogP contribution in [-0.2, 0) is 0 Å². The summed E-state index contributed by atoms with van der Waals surface area (Å²) in [4.78, 5) is 12.0. The van der Waals surface area contributed by atoms with Crippen molar-refractivity contribution in [3.8, 4) is 11.3 Å². The number of hydrogen-bond acceptors (Lipinski definition) is 5. The summed E-state index contributed by atoms with van der Waals surface area (Å²) in [5.41, 5.74) is 1.36. The number of anilines is 1. The van der Waals surface area contributed by atoms with E-state index < -0.39 is 0 Å². The summed E-state index contributed by atoms with van der Waals surface area (Å²) in [6, 6.07) is 18.8. The lowest BCUT2D eigenvalue weighted by atomic mass is 10.1. The Bertz CT molecular complexity index is 866. The molecule has 0 unspecified atom stereocenters. The first-order valence-corrected chi connectivity index (χ1v) is 7.27. The second kappa shape index (κ2) is 6.95. The lowest BCUT2D eigenvalue weighted by molar-refractivity contribution is 0.104. The van der Waals surface area contributed by atoms with Crippen molar-refractivity contribution in [2.45, 2.75) is 0 Å². The molecule has 2 aromatic carbocycles. The van der Waals surface area contributed by atoms with Crippen molar-refractivity contribution in [3.63, 3.8) is 0 Å². The average Bonchev–Trinajstić information content (AvgIpc) is 3.09. The molecule has 3 rings (SSSR count). The number of hydrogen-bond donors (Lipinski definition) is 1. The Labute approximate surface area is 138 Å². The molecule has 0 radical (unpaired) electrons. The molecule has 5 nitrogen and oxygen atoms in total. The van der Waals surface area contributed by atoms with Gasteiger partial charge in [-0.1, -0.05) is 42.5 Å². The second-order valence-corrected chi connectivity index (χ2v) is 5.09. The summed E-state index contributed by atoms with van der Waals surface area (Å²) in [5, 5.41) is 19.7. The van der Waals surface area contributed by atoms with Gasteiger partial charge in [0.15, 0.2) is 5.78 Å². The zero-order valence-corrected chi connectivity index (χ0v) is 12.6. The smallest absolute Gasteiger partial charge is 0.185 e. The molecule has 0 spiro atoms. The van der Waals surface area contributed by atoms with Crippen LogP contribution in [0, 0.1) is 5.21 Å². The molecule has 0 aliphatic rings. The van der Waals surface area contributed by atoms with Gasteiger partial charge in [-0.15, -0.1) is 0 Å². The summed E-state index contributed by atoms with van der Waals surface area (Å²) in [5.74, 6) is 0.936. The van der Waals surface area contributed by atoms with E-state index in [0.717, 1.165) is 0 Å². The fourth-order valence-electron chi connectivity index (χ4n) is 2.23. The molecule has 120 valence electrons. The van der Waals surface area contributed by atoms with Crippen molar-refractivity contribution in [1.29, 1.82) is 0 Å². The first kappa shape index (κ1) is 15.7. The predicted octanol–water partition coefficient (Wildman–Crippen LogP) is 4.54. The van der Waals surface area contributed by atoms with Crippen molar-refractivity contribution < 1.29 is 14.4 Å². The largest absolute Gasteiger partial charge is 0.733 e. The fourth-order valence-corrected chi connectivity index (χ4v) is 2.23. The van der Waals surface area contributed by atoms with Crippen LogP contribution >= 0.6 is 0 Å². The molecule has 1 aromatic heterocycles. The Morgan fingerprint density at radius 2 is 1.83 bits per heavy atom. The van der Waals surface area contributed by atoms with E-state index in [1.807, 2.05) is 6.07 Å². The quantitative estimate of drug-likeness (QED) is 0.424. The maximum absolute atomic E-state index is 12.0. The maximum Gasteiger partial charge on any atom is 0.185 e. The summed E-state index contributed by atoms with van der Waals surface area (Å²) in [7, 11) is 0. The number of benzene rings is 2. The van der Waals surface area contributed by atoms with E-state index in [1.165, 1.54) is 18.2 Å². The van der Waals surface area contributed by atoms with E-state index in [0.29, 0.717) is 22.6 Å². The van der Waals surface area contributed by atoms with Crippen LogP contribution in [-0.4, -0.2) is 11.0 Å². The fraction of sp³-hybridized carbons (Fsp3) is 0. The predicted molar refractivity (Wildman–Crippen MR) is 91.6 cm³/mol. The highest BCUT2D eigenvalue weighted by Gasteiger charge is 2.05. The number of carbonyl (C=O) groups is 1. The van der Waals surface area contributed by atoms with Crippen LogP contribution < -0.4 is 5.23 Å². The van der Waals surface area contributed by atoms with Crippen LogP contribution in [0.25, 0.3) is 17.4 Å². The van der Waals surface area contributed by atoms with Crippen molar-refractivity contribution in [3.05, 3.63) is 89.3 Å². The highest BCUT2D eigenvalue weighted by molar-refractivity contribution is 6.06. The van der Waals surface area contributed by atoms with Gasteiger partial charge in [-0.25, -0.2) is 0 Å². The third-order valence-corrected chi connectivity index (χ3v) is 3.44. The van der Waals surface area contributed by atoms with Gasteiger partial charge in [-0.05, 0) is 36.4 Å². The topological polar surface area (TPSA) is 76.7 Å². The molecule has 0 amide bonds.